The van der Waals surface area contributed by atoms with Crippen molar-refractivity contribution in [3.8, 4) is 0 Å². The third-order valence-corrected chi connectivity index (χ3v) is 3.57. The predicted octanol–water partition coefficient (Wildman–Crippen LogP) is 3.00. The fraction of sp³-hybridized carbons (Fsp3) is 0.769. The van der Waals surface area contributed by atoms with Crippen LogP contribution in [0.15, 0.2) is 12.5 Å². The van der Waals surface area contributed by atoms with E-state index in [1.54, 1.807) is 0 Å². The van der Waals surface area contributed by atoms with E-state index in [1.807, 2.05) is 38.1 Å². The number of aromatic nitrogens is 2. The number of imidazole rings is 1. The van der Waals surface area contributed by atoms with Crippen LogP contribution in [-0.4, -0.2) is 21.6 Å². The molecule has 0 radical (unpaired) electrons. The minimum Gasteiger partial charge on any atom is -0.333 e. The molecular weight excluding hydrogens is 230 g/mol. The number of hydrogen-bond acceptors (Lipinski definition) is 3. The van der Waals surface area contributed by atoms with Crippen LogP contribution in [0.25, 0.3) is 0 Å². The van der Waals surface area contributed by atoms with E-state index in [0.29, 0.717) is 0 Å². The van der Waals surface area contributed by atoms with E-state index < -0.39 is 0 Å². The Balaban J connectivity index is 2.30. The lowest BCUT2D eigenvalue weighted by Gasteiger charge is -2.20. The van der Waals surface area contributed by atoms with E-state index in [1.165, 1.54) is 31.4 Å². The van der Waals surface area contributed by atoms with Crippen molar-refractivity contribution >= 4 is 11.8 Å². The van der Waals surface area contributed by atoms with Crippen molar-refractivity contribution in [2.45, 2.75) is 51.6 Å². The zero-order valence-electron chi connectivity index (χ0n) is 11.3. The average Bonchev–Trinajstić information content (AvgIpc) is 2.71. The molecule has 0 aliphatic rings. The minimum atomic E-state index is -0.296. The number of aryl methyl sites for hydroxylation is 1. The van der Waals surface area contributed by atoms with Crippen LogP contribution < -0.4 is 5.73 Å². The second-order valence-electron chi connectivity index (χ2n) is 5.10. The summed E-state index contributed by atoms with van der Waals surface area (Å²) in [5.74, 6) is 1.28. The molecule has 0 atom stereocenters. The smallest absolute Gasteiger partial charge is 0.0948 e. The van der Waals surface area contributed by atoms with Crippen molar-refractivity contribution in [1.29, 1.82) is 0 Å². The molecular formula is C13H25N3S. The minimum absolute atomic E-state index is 0.296. The van der Waals surface area contributed by atoms with Crippen molar-refractivity contribution in [1.82, 2.24) is 9.55 Å². The van der Waals surface area contributed by atoms with Gasteiger partial charge in [-0.3, -0.25) is 0 Å². The summed E-state index contributed by atoms with van der Waals surface area (Å²) in [7, 11) is 0. The van der Waals surface area contributed by atoms with Crippen molar-refractivity contribution < 1.29 is 0 Å². The van der Waals surface area contributed by atoms with E-state index in [4.69, 9.17) is 5.73 Å². The fourth-order valence-corrected chi connectivity index (χ4v) is 2.41. The van der Waals surface area contributed by atoms with Crippen LogP contribution in [0, 0.1) is 0 Å². The summed E-state index contributed by atoms with van der Waals surface area (Å²) < 4.78 is 2.19. The molecule has 1 heterocycles. The first kappa shape index (κ1) is 14.6. The Morgan fingerprint density at radius 3 is 2.65 bits per heavy atom. The third-order valence-electron chi connectivity index (χ3n) is 2.87. The maximum Gasteiger partial charge on any atom is 0.0948 e. The normalized spacial score (nSPS) is 12.0. The quantitative estimate of drug-likeness (QED) is 0.726. The second kappa shape index (κ2) is 7.07. The Labute approximate surface area is 109 Å². The van der Waals surface area contributed by atoms with E-state index in [9.17, 15) is 0 Å². The van der Waals surface area contributed by atoms with Gasteiger partial charge in [0.15, 0.2) is 0 Å². The predicted molar refractivity (Wildman–Crippen MR) is 76.3 cm³/mol. The number of thioether (sulfide) groups is 1. The lowest BCUT2D eigenvalue weighted by atomic mass is 10.0. The number of unbranched alkanes of at least 4 members (excludes halogenated alkanes) is 3. The van der Waals surface area contributed by atoms with Crippen molar-refractivity contribution in [3.63, 3.8) is 0 Å². The van der Waals surface area contributed by atoms with Crippen LogP contribution in [0.4, 0.5) is 0 Å². The van der Waals surface area contributed by atoms with Gasteiger partial charge >= 0.3 is 0 Å². The molecule has 2 N–H and O–H groups in total. The molecule has 0 saturated carbocycles. The summed E-state index contributed by atoms with van der Waals surface area (Å²) in [4.78, 5) is 4.20. The van der Waals surface area contributed by atoms with Crippen LogP contribution in [0.2, 0.25) is 0 Å². The van der Waals surface area contributed by atoms with Gasteiger partial charge in [0.05, 0.1) is 17.6 Å². The summed E-state index contributed by atoms with van der Waals surface area (Å²) in [6.45, 7) is 5.09. The first-order chi connectivity index (χ1) is 8.05. The fourth-order valence-electron chi connectivity index (χ4n) is 1.92. The molecule has 1 rings (SSSR count). The second-order valence-corrected chi connectivity index (χ2v) is 6.09. The summed E-state index contributed by atoms with van der Waals surface area (Å²) in [6.07, 6.45) is 11.1. The molecule has 0 aliphatic heterocycles. The van der Waals surface area contributed by atoms with Crippen molar-refractivity contribution in [2.24, 2.45) is 5.73 Å². The monoisotopic (exact) mass is 255 g/mol. The van der Waals surface area contributed by atoms with Gasteiger partial charge < -0.3 is 10.3 Å². The molecule has 0 unspecified atom stereocenters. The molecule has 0 spiro atoms. The zero-order chi connectivity index (χ0) is 12.7. The average molecular weight is 255 g/mol. The molecule has 4 heteroatoms. The van der Waals surface area contributed by atoms with Gasteiger partial charge in [-0.1, -0.05) is 12.8 Å². The van der Waals surface area contributed by atoms with Gasteiger partial charge in [-0.2, -0.15) is 11.8 Å². The SMILES string of the molecule is CSCCCCCCn1cncc1C(C)(C)N. The number of nitrogens with zero attached hydrogens (tertiary/aromatic N) is 2. The molecule has 17 heavy (non-hydrogen) atoms. The van der Waals surface area contributed by atoms with Gasteiger partial charge in [-0.05, 0) is 38.7 Å². The molecule has 0 fully saturated rings. The van der Waals surface area contributed by atoms with Gasteiger partial charge in [-0.15, -0.1) is 0 Å². The highest BCUT2D eigenvalue weighted by Crippen LogP contribution is 2.17. The van der Waals surface area contributed by atoms with E-state index >= 15 is 0 Å². The Morgan fingerprint density at radius 1 is 1.29 bits per heavy atom. The molecule has 0 aromatic carbocycles. The van der Waals surface area contributed by atoms with Gasteiger partial charge in [0.25, 0.3) is 0 Å². The highest BCUT2D eigenvalue weighted by atomic mass is 32.2. The van der Waals surface area contributed by atoms with Crippen molar-refractivity contribution in [3.05, 3.63) is 18.2 Å². The molecule has 0 aliphatic carbocycles. The van der Waals surface area contributed by atoms with E-state index in [-0.39, 0.29) is 5.54 Å². The summed E-state index contributed by atoms with van der Waals surface area (Å²) >= 11 is 1.93. The first-order valence-corrected chi connectivity index (χ1v) is 7.73. The first-order valence-electron chi connectivity index (χ1n) is 6.34. The van der Waals surface area contributed by atoms with Crippen LogP contribution >= 0.6 is 11.8 Å². The summed E-state index contributed by atoms with van der Waals surface area (Å²) in [5.41, 5.74) is 6.94. The number of hydrogen-bond donors (Lipinski definition) is 1. The maximum absolute atomic E-state index is 6.11. The maximum atomic E-state index is 6.11. The molecule has 98 valence electrons. The van der Waals surface area contributed by atoms with Gasteiger partial charge in [-0.25, -0.2) is 4.98 Å². The highest BCUT2D eigenvalue weighted by Gasteiger charge is 2.18. The van der Waals surface area contributed by atoms with Crippen LogP contribution in [0.1, 0.15) is 45.2 Å². The molecule has 0 amide bonds. The van der Waals surface area contributed by atoms with Gasteiger partial charge in [0, 0.05) is 12.7 Å². The molecule has 3 nitrogen and oxygen atoms in total. The molecule has 1 aromatic heterocycles. The largest absolute Gasteiger partial charge is 0.333 e. The van der Waals surface area contributed by atoms with Crippen molar-refractivity contribution in [2.75, 3.05) is 12.0 Å². The topological polar surface area (TPSA) is 43.8 Å². The molecule has 0 bridgehead atoms. The highest BCUT2D eigenvalue weighted by molar-refractivity contribution is 7.98. The third kappa shape index (κ3) is 5.13. The Morgan fingerprint density at radius 2 is 2.00 bits per heavy atom. The Bertz CT molecular complexity index is 315. The molecule has 1 aromatic rings. The van der Waals surface area contributed by atoms with Gasteiger partial charge in [0.2, 0.25) is 0 Å². The zero-order valence-corrected chi connectivity index (χ0v) is 12.1. The van der Waals surface area contributed by atoms with Crippen LogP contribution in [0.5, 0.6) is 0 Å². The number of nitrogens with two attached hydrogens (primary N) is 1. The summed E-state index contributed by atoms with van der Waals surface area (Å²) in [6, 6.07) is 0. The standard InChI is InChI=1S/C13H25N3S/c1-13(2,14)12-10-15-11-16(12)8-6-4-5-7-9-17-3/h10-11H,4-9,14H2,1-3H3. The Hall–Kier alpha value is -0.480. The van der Waals surface area contributed by atoms with Crippen LogP contribution in [0.3, 0.4) is 0 Å². The van der Waals surface area contributed by atoms with E-state index in [2.05, 4.69) is 15.8 Å². The summed E-state index contributed by atoms with van der Waals surface area (Å²) in [5, 5.41) is 0. The number of rotatable bonds is 8. The van der Waals surface area contributed by atoms with Gasteiger partial charge in [0.1, 0.15) is 0 Å². The van der Waals surface area contributed by atoms with Crippen LogP contribution in [-0.2, 0) is 12.1 Å². The van der Waals surface area contributed by atoms with E-state index in [0.717, 1.165) is 12.2 Å². The molecule has 0 saturated heterocycles. The lowest BCUT2D eigenvalue weighted by molar-refractivity contribution is 0.478. The lowest BCUT2D eigenvalue weighted by Crippen LogP contribution is -2.31. The Kier molecular flexibility index (Phi) is 6.06.